The topological polar surface area (TPSA) is 55.8 Å². The molecule has 1 aliphatic carbocycles. The van der Waals surface area contributed by atoms with Crippen molar-refractivity contribution in [3.8, 4) is 5.75 Å². The minimum absolute atomic E-state index is 0.218. The molecule has 0 bridgehead atoms. The van der Waals surface area contributed by atoms with Gasteiger partial charge in [-0.25, -0.2) is 0 Å². The summed E-state index contributed by atoms with van der Waals surface area (Å²) in [5.41, 5.74) is 2.56. The lowest BCUT2D eigenvalue weighted by molar-refractivity contribution is -0.146. The van der Waals surface area contributed by atoms with Gasteiger partial charge in [-0.1, -0.05) is 18.2 Å². The first-order valence-corrected chi connectivity index (χ1v) is 7.12. The van der Waals surface area contributed by atoms with Gasteiger partial charge in [0.25, 0.3) is 0 Å². The van der Waals surface area contributed by atoms with E-state index in [1.165, 1.54) is 0 Å². The molecule has 0 aliphatic heterocycles. The van der Waals surface area contributed by atoms with E-state index in [4.69, 9.17) is 9.47 Å². The molecule has 1 aromatic carbocycles. The van der Waals surface area contributed by atoms with E-state index in [9.17, 15) is 9.90 Å². The largest absolute Gasteiger partial charge is 0.481 e. The number of fused-ring (bicyclic) bond motifs is 1. The van der Waals surface area contributed by atoms with Gasteiger partial charge in [0.2, 0.25) is 0 Å². The van der Waals surface area contributed by atoms with Gasteiger partial charge in [-0.15, -0.1) is 0 Å². The van der Waals surface area contributed by atoms with Gasteiger partial charge in [-0.2, -0.15) is 0 Å². The van der Waals surface area contributed by atoms with E-state index < -0.39 is 11.4 Å². The van der Waals surface area contributed by atoms with Gasteiger partial charge in [0.1, 0.15) is 5.75 Å². The lowest BCUT2D eigenvalue weighted by Crippen LogP contribution is -2.24. The van der Waals surface area contributed by atoms with Crippen molar-refractivity contribution in [1.29, 1.82) is 0 Å². The second kappa shape index (κ2) is 6.31. The molecule has 21 heavy (non-hydrogen) atoms. The van der Waals surface area contributed by atoms with Crippen LogP contribution in [0.2, 0.25) is 0 Å². The minimum Gasteiger partial charge on any atom is -0.481 e. The summed E-state index contributed by atoms with van der Waals surface area (Å²) in [5, 5.41) is 9.32. The maximum Gasteiger partial charge on any atom is 0.309 e. The van der Waals surface area contributed by atoms with Crippen LogP contribution in [0.1, 0.15) is 37.8 Å². The summed E-state index contributed by atoms with van der Waals surface area (Å²) in [4.78, 5) is 11.3. The highest BCUT2D eigenvalue weighted by Crippen LogP contribution is 2.39. The highest BCUT2D eigenvalue weighted by atomic mass is 16.7. The van der Waals surface area contributed by atoms with Crippen molar-refractivity contribution in [1.82, 2.24) is 0 Å². The number of aliphatic carboxylic acids is 1. The number of methoxy groups -OCH3 is 1. The first kappa shape index (κ1) is 15.6. The zero-order valence-electron chi connectivity index (χ0n) is 12.8. The minimum atomic E-state index is -0.776. The van der Waals surface area contributed by atoms with Gasteiger partial charge < -0.3 is 14.6 Å². The predicted molar refractivity (Wildman–Crippen MR) is 81.3 cm³/mol. The summed E-state index contributed by atoms with van der Waals surface area (Å²) >= 11 is 0. The Balaban J connectivity index is 2.30. The Morgan fingerprint density at radius 3 is 2.81 bits per heavy atom. The molecule has 1 aliphatic rings. The molecule has 1 N–H and O–H groups in total. The molecule has 2 rings (SSSR count). The van der Waals surface area contributed by atoms with E-state index in [1.807, 2.05) is 18.2 Å². The summed E-state index contributed by atoms with van der Waals surface area (Å²) in [6.45, 7) is 3.74. The van der Waals surface area contributed by atoms with E-state index >= 15 is 0 Å². The smallest absolute Gasteiger partial charge is 0.309 e. The number of rotatable bonds is 6. The molecule has 4 nitrogen and oxygen atoms in total. The van der Waals surface area contributed by atoms with Crippen LogP contribution in [0.15, 0.2) is 24.3 Å². The lowest BCUT2D eigenvalue weighted by atomic mass is 9.79. The number of hydrogen-bond acceptors (Lipinski definition) is 3. The van der Waals surface area contributed by atoms with Crippen molar-refractivity contribution in [2.24, 2.45) is 5.41 Å². The zero-order chi connectivity index (χ0) is 15.5. The van der Waals surface area contributed by atoms with Crippen LogP contribution in [0.4, 0.5) is 0 Å². The van der Waals surface area contributed by atoms with Crippen molar-refractivity contribution < 1.29 is 19.4 Å². The standard InChI is InChI=1S/C17H22O4/c1-17(2,16(18)19)10-12-6-4-8-14-13(12)7-5-9-15(14)21-11-20-3/h5-7,9H,4,8,10-11H2,1-3H3,(H,18,19). The van der Waals surface area contributed by atoms with Crippen molar-refractivity contribution >= 4 is 11.5 Å². The Hall–Kier alpha value is -1.81. The molecule has 0 saturated heterocycles. The Bertz CT molecular complexity index is 558. The average molecular weight is 290 g/mol. The number of carbonyl (C=O) groups is 1. The number of hydrogen-bond donors (Lipinski definition) is 1. The summed E-state index contributed by atoms with van der Waals surface area (Å²) in [6, 6.07) is 5.91. The molecule has 4 heteroatoms. The first-order valence-electron chi connectivity index (χ1n) is 7.12. The quantitative estimate of drug-likeness (QED) is 0.815. The number of benzene rings is 1. The fourth-order valence-corrected chi connectivity index (χ4v) is 2.60. The Kier molecular flexibility index (Phi) is 4.68. The first-order chi connectivity index (χ1) is 9.95. The average Bonchev–Trinajstić information content (AvgIpc) is 2.45. The summed E-state index contributed by atoms with van der Waals surface area (Å²) in [5.74, 6) is 0.0513. The normalized spacial score (nSPS) is 14.3. The van der Waals surface area contributed by atoms with Crippen LogP contribution in [0.25, 0.3) is 5.57 Å². The monoisotopic (exact) mass is 290 g/mol. The fourth-order valence-electron chi connectivity index (χ4n) is 2.60. The van der Waals surface area contributed by atoms with Crippen molar-refractivity contribution in [2.45, 2.75) is 33.1 Å². The molecule has 0 fully saturated rings. The second-order valence-electron chi connectivity index (χ2n) is 5.97. The molecule has 0 atom stereocenters. The molecule has 0 unspecified atom stereocenters. The highest BCUT2D eigenvalue weighted by Gasteiger charge is 2.30. The zero-order valence-corrected chi connectivity index (χ0v) is 12.8. The second-order valence-corrected chi connectivity index (χ2v) is 5.97. The lowest BCUT2D eigenvalue weighted by Gasteiger charge is -2.26. The molecule has 0 amide bonds. The van der Waals surface area contributed by atoms with E-state index in [0.29, 0.717) is 6.42 Å². The molecule has 0 saturated carbocycles. The van der Waals surface area contributed by atoms with E-state index in [0.717, 1.165) is 35.3 Å². The van der Waals surface area contributed by atoms with E-state index in [1.54, 1.807) is 21.0 Å². The van der Waals surface area contributed by atoms with Crippen LogP contribution in [0, 0.1) is 5.41 Å². The van der Waals surface area contributed by atoms with Crippen LogP contribution >= 0.6 is 0 Å². The van der Waals surface area contributed by atoms with E-state index in [-0.39, 0.29) is 6.79 Å². The molecule has 1 aromatic rings. The molecule has 0 radical (unpaired) electrons. The third kappa shape index (κ3) is 3.45. The van der Waals surface area contributed by atoms with Gasteiger partial charge >= 0.3 is 5.97 Å². The third-order valence-corrected chi connectivity index (χ3v) is 3.81. The number of ether oxygens (including phenoxy) is 2. The van der Waals surface area contributed by atoms with Gasteiger partial charge in [0.05, 0.1) is 5.41 Å². The van der Waals surface area contributed by atoms with Crippen molar-refractivity contribution in [3.05, 3.63) is 35.4 Å². The molecule has 0 spiro atoms. The van der Waals surface area contributed by atoms with Crippen LogP contribution in [0.5, 0.6) is 5.75 Å². The number of carboxylic acids is 1. The fraction of sp³-hybridized carbons (Fsp3) is 0.471. The molecular formula is C17H22O4. The Labute approximate surface area is 125 Å². The summed E-state index contributed by atoms with van der Waals surface area (Å²) < 4.78 is 10.6. The Morgan fingerprint density at radius 1 is 1.38 bits per heavy atom. The SMILES string of the molecule is COCOc1cccc2c1CCC=C2CC(C)(C)C(=O)O. The molecule has 114 valence electrons. The van der Waals surface area contributed by atoms with Crippen molar-refractivity contribution in [2.75, 3.05) is 13.9 Å². The summed E-state index contributed by atoms with van der Waals surface area (Å²) in [6.07, 6.45) is 4.48. The van der Waals surface area contributed by atoms with E-state index in [2.05, 4.69) is 6.08 Å². The maximum absolute atomic E-state index is 11.3. The molecule has 0 aromatic heterocycles. The van der Waals surface area contributed by atoms with Crippen LogP contribution in [-0.4, -0.2) is 25.0 Å². The third-order valence-electron chi connectivity index (χ3n) is 3.81. The van der Waals surface area contributed by atoms with Gasteiger partial charge in [0, 0.05) is 12.7 Å². The molecule has 0 heterocycles. The Morgan fingerprint density at radius 2 is 2.14 bits per heavy atom. The van der Waals surface area contributed by atoms with Gasteiger partial charge in [-0.05, 0) is 50.3 Å². The van der Waals surface area contributed by atoms with Gasteiger partial charge in [0.15, 0.2) is 6.79 Å². The van der Waals surface area contributed by atoms with Gasteiger partial charge in [-0.3, -0.25) is 4.79 Å². The highest BCUT2D eigenvalue weighted by molar-refractivity contribution is 5.80. The van der Waals surface area contributed by atoms with Crippen molar-refractivity contribution in [3.63, 3.8) is 0 Å². The predicted octanol–water partition coefficient (Wildman–Crippen LogP) is 3.50. The molecular weight excluding hydrogens is 268 g/mol. The van der Waals surface area contributed by atoms with Crippen LogP contribution in [0.3, 0.4) is 0 Å². The van der Waals surface area contributed by atoms with Crippen LogP contribution < -0.4 is 4.74 Å². The maximum atomic E-state index is 11.3. The number of allylic oxidation sites excluding steroid dienone is 2. The number of carboxylic acid groups (broad SMARTS) is 1. The summed E-state index contributed by atoms with van der Waals surface area (Å²) in [7, 11) is 1.59. The van der Waals surface area contributed by atoms with Crippen LogP contribution in [-0.2, 0) is 16.0 Å².